The van der Waals surface area contributed by atoms with Gasteiger partial charge in [0, 0.05) is 16.6 Å². The fourth-order valence-corrected chi connectivity index (χ4v) is 2.39. The van der Waals surface area contributed by atoms with Crippen LogP contribution in [0.1, 0.15) is 19.4 Å². The third-order valence-corrected chi connectivity index (χ3v) is 3.31. The topological polar surface area (TPSA) is 40.5 Å². The average Bonchev–Trinajstić information content (AvgIpc) is 2.32. The van der Waals surface area contributed by atoms with Gasteiger partial charge in [0.25, 0.3) is 0 Å². The molecule has 0 atom stereocenters. The van der Waals surface area contributed by atoms with Crippen LogP contribution in [-0.2, 0) is 4.79 Å². The van der Waals surface area contributed by atoms with E-state index < -0.39 is 18.7 Å². The number of nitrogens with zero attached hydrogens (tertiary/aromatic N) is 1. The predicted octanol–water partition coefficient (Wildman–Crippen LogP) is 4.32. The molecule has 0 fully saturated rings. The van der Waals surface area contributed by atoms with Crippen LogP contribution in [-0.4, -0.2) is 29.8 Å². The molecule has 7 heteroatoms. The number of hydrogen-bond donors (Lipinski definition) is 1. The molecule has 0 bridgehead atoms. The zero-order chi connectivity index (χ0) is 16.2. The van der Waals surface area contributed by atoms with Gasteiger partial charge in [-0.15, -0.1) is 0 Å². The third kappa shape index (κ3) is 5.79. The summed E-state index contributed by atoms with van der Waals surface area (Å²) in [6.45, 7) is 2.31. The Kier molecular flexibility index (Phi) is 5.83. The van der Waals surface area contributed by atoms with Crippen LogP contribution in [0, 0.1) is 0 Å². The summed E-state index contributed by atoms with van der Waals surface area (Å²) < 4.78 is 38.4. The van der Waals surface area contributed by atoms with E-state index in [4.69, 9.17) is 5.11 Å². The van der Waals surface area contributed by atoms with Crippen molar-refractivity contribution in [2.75, 3.05) is 11.4 Å². The van der Waals surface area contributed by atoms with Crippen LogP contribution < -0.4 is 4.90 Å². The largest absolute Gasteiger partial charge is 0.478 e. The van der Waals surface area contributed by atoms with E-state index in [0.717, 1.165) is 6.08 Å². The highest BCUT2D eigenvalue weighted by molar-refractivity contribution is 9.10. The number of carbonyl (C=O) groups is 1. The second-order valence-electron chi connectivity index (χ2n) is 4.72. The lowest BCUT2D eigenvalue weighted by Crippen LogP contribution is -2.39. The molecule has 1 aromatic rings. The summed E-state index contributed by atoms with van der Waals surface area (Å²) >= 11 is 3.24. The maximum atomic E-state index is 12.6. The number of carboxylic acids is 1. The highest BCUT2D eigenvalue weighted by Gasteiger charge is 2.32. The highest BCUT2D eigenvalue weighted by Crippen LogP contribution is 2.31. The molecule has 1 N–H and O–H groups in total. The maximum Gasteiger partial charge on any atom is 0.405 e. The average molecular weight is 366 g/mol. The van der Waals surface area contributed by atoms with Crippen molar-refractivity contribution in [1.82, 2.24) is 0 Å². The number of hydrogen-bond acceptors (Lipinski definition) is 2. The lowest BCUT2D eigenvalue weighted by atomic mass is 10.1. The van der Waals surface area contributed by atoms with Gasteiger partial charge in [0.2, 0.25) is 0 Å². The molecular weight excluding hydrogens is 351 g/mol. The van der Waals surface area contributed by atoms with E-state index in [9.17, 15) is 18.0 Å². The molecule has 0 saturated heterocycles. The van der Waals surface area contributed by atoms with Crippen molar-refractivity contribution in [3.05, 3.63) is 34.3 Å². The van der Waals surface area contributed by atoms with Crippen molar-refractivity contribution in [2.45, 2.75) is 26.1 Å². The van der Waals surface area contributed by atoms with Gasteiger partial charge in [-0.1, -0.05) is 6.07 Å². The normalized spacial score (nSPS) is 12.1. The van der Waals surface area contributed by atoms with Crippen LogP contribution in [0.25, 0.3) is 6.08 Å². The summed E-state index contributed by atoms with van der Waals surface area (Å²) in [4.78, 5) is 11.7. The molecule has 3 nitrogen and oxygen atoms in total. The lowest BCUT2D eigenvalue weighted by molar-refractivity contribution is -0.131. The van der Waals surface area contributed by atoms with Crippen LogP contribution in [0.5, 0.6) is 0 Å². The number of alkyl halides is 3. The van der Waals surface area contributed by atoms with Crippen molar-refractivity contribution < 1.29 is 23.1 Å². The van der Waals surface area contributed by atoms with Crippen LogP contribution in [0.15, 0.2) is 28.7 Å². The highest BCUT2D eigenvalue weighted by atomic mass is 79.9. The number of anilines is 1. The Morgan fingerprint density at radius 3 is 2.48 bits per heavy atom. The number of aliphatic carboxylic acids is 1. The van der Waals surface area contributed by atoms with Crippen LogP contribution >= 0.6 is 15.9 Å². The standard InChI is InChI=1S/C14H15BrF3NO2/c1-9(2)19(8-14(16,17)18)12-5-3-10(7-11(12)15)4-6-13(20)21/h3-7,9H,8H2,1-2H3,(H,20,21)/b6-4+. The monoisotopic (exact) mass is 365 g/mol. The van der Waals surface area contributed by atoms with Gasteiger partial charge in [0.1, 0.15) is 6.54 Å². The van der Waals surface area contributed by atoms with Crippen LogP contribution in [0.2, 0.25) is 0 Å². The molecular formula is C14H15BrF3NO2. The summed E-state index contributed by atoms with van der Waals surface area (Å²) in [5, 5.41) is 8.56. The van der Waals surface area contributed by atoms with Crippen LogP contribution in [0.4, 0.5) is 18.9 Å². The molecule has 0 unspecified atom stereocenters. The third-order valence-electron chi connectivity index (χ3n) is 2.67. The molecule has 0 spiro atoms. The molecule has 1 rings (SSSR count). The fraction of sp³-hybridized carbons (Fsp3) is 0.357. The van der Waals surface area contributed by atoms with Gasteiger partial charge < -0.3 is 10.0 Å². The first kappa shape index (κ1) is 17.6. The number of rotatable bonds is 5. The van der Waals surface area contributed by atoms with Crippen LogP contribution in [0.3, 0.4) is 0 Å². The zero-order valence-electron chi connectivity index (χ0n) is 11.5. The van der Waals surface area contributed by atoms with Gasteiger partial charge in [-0.3, -0.25) is 0 Å². The SMILES string of the molecule is CC(C)N(CC(F)(F)F)c1ccc(/C=C/C(=O)O)cc1Br. The number of carboxylic acid groups (broad SMARTS) is 1. The summed E-state index contributed by atoms with van der Waals surface area (Å²) in [6.07, 6.45) is -1.96. The van der Waals surface area contributed by atoms with Gasteiger partial charge in [-0.05, 0) is 53.5 Å². The van der Waals surface area contributed by atoms with E-state index in [1.807, 2.05) is 0 Å². The minimum atomic E-state index is -4.30. The minimum absolute atomic E-state index is 0.330. The van der Waals surface area contributed by atoms with E-state index in [1.165, 1.54) is 17.0 Å². The van der Waals surface area contributed by atoms with E-state index in [0.29, 0.717) is 15.7 Å². The summed E-state index contributed by atoms with van der Waals surface area (Å²) in [5.41, 5.74) is 0.999. The van der Waals surface area contributed by atoms with Crippen molar-refractivity contribution in [1.29, 1.82) is 0 Å². The molecule has 0 saturated carbocycles. The second kappa shape index (κ2) is 6.98. The number of benzene rings is 1. The Morgan fingerprint density at radius 2 is 2.05 bits per heavy atom. The fourth-order valence-electron chi connectivity index (χ4n) is 1.77. The van der Waals surface area contributed by atoms with Crippen molar-refractivity contribution in [3.63, 3.8) is 0 Å². The van der Waals surface area contributed by atoms with Gasteiger partial charge in [0.05, 0.1) is 5.69 Å². The van der Waals surface area contributed by atoms with Gasteiger partial charge in [-0.25, -0.2) is 4.79 Å². The van der Waals surface area contributed by atoms with Gasteiger partial charge in [0.15, 0.2) is 0 Å². The molecule has 0 aliphatic carbocycles. The first-order chi connectivity index (χ1) is 9.60. The maximum absolute atomic E-state index is 12.6. The molecule has 0 radical (unpaired) electrons. The first-order valence-electron chi connectivity index (χ1n) is 6.14. The van der Waals surface area contributed by atoms with E-state index in [1.54, 1.807) is 26.0 Å². The minimum Gasteiger partial charge on any atom is -0.478 e. The Bertz CT molecular complexity index is 542. The van der Waals surface area contributed by atoms with E-state index in [2.05, 4.69) is 15.9 Å². The summed E-state index contributed by atoms with van der Waals surface area (Å²) in [7, 11) is 0. The molecule has 0 aliphatic heterocycles. The summed E-state index contributed by atoms with van der Waals surface area (Å²) in [5.74, 6) is -1.09. The molecule has 116 valence electrons. The Hall–Kier alpha value is -1.50. The van der Waals surface area contributed by atoms with Crippen molar-refractivity contribution in [2.24, 2.45) is 0 Å². The molecule has 0 aromatic heterocycles. The summed E-state index contributed by atoms with van der Waals surface area (Å²) in [6, 6.07) is 4.37. The Balaban J connectivity index is 3.08. The lowest BCUT2D eigenvalue weighted by Gasteiger charge is -2.30. The smallest absolute Gasteiger partial charge is 0.405 e. The van der Waals surface area contributed by atoms with E-state index >= 15 is 0 Å². The zero-order valence-corrected chi connectivity index (χ0v) is 13.1. The molecule has 0 amide bonds. The van der Waals surface area contributed by atoms with Gasteiger partial charge in [-0.2, -0.15) is 13.2 Å². The Morgan fingerprint density at radius 1 is 1.43 bits per heavy atom. The first-order valence-corrected chi connectivity index (χ1v) is 6.93. The van der Waals surface area contributed by atoms with Gasteiger partial charge >= 0.3 is 12.1 Å². The Labute approximate surface area is 129 Å². The van der Waals surface area contributed by atoms with Crippen molar-refractivity contribution in [3.8, 4) is 0 Å². The van der Waals surface area contributed by atoms with E-state index in [-0.39, 0.29) is 6.04 Å². The molecule has 0 aliphatic rings. The molecule has 1 aromatic carbocycles. The second-order valence-corrected chi connectivity index (χ2v) is 5.57. The molecule has 21 heavy (non-hydrogen) atoms. The predicted molar refractivity (Wildman–Crippen MR) is 79.3 cm³/mol. The molecule has 0 heterocycles. The number of halogens is 4. The quantitative estimate of drug-likeness (QED) is 0.789. The van der Waals surface area contributed by atoms with Crippen molar-refractivity contribution >= 4 is 33.7 Å².